The summed E-state index contributed by atoms with van der Waals surface area (Å²) in [6.07, 6.45) is 2.49. The van der Waals surface area contributed by atoms with Crippen LogP contribution in [0.15, 0.2) is 66.7 Å². The summed E-state index contributed by atoms with van der Waals surface area (Å²) in [6.45, 7) is 4.42. The molecule has 1 fully saturated rings. The van der Waals surface area contributed by atoms with Gasteiger partial charge in [0.2, 0.25) is 0 Å². The summed E-state index contributed by atoms with van der Waals surface area (Å²) < 4.78 is 1.99. The fourth-order valence-corrected chi connectivity index (χ4v) is 4.23. The predicted molar refractivity (Wildman–Crippen MR) is 119 cm³/mol. The molecule has 0 amide bonds. The summed E-state index contributed by atoms with van der Waals surface area (Å²) in [4.78, 5) is 7.38. The molecule has 5 heteroatoms. The Balaban J connectivity index is 1.67. The van der Waals surface area contributed by atoms with Crippen LogP contribution >= 0.6 is 11.6 Å². The number of halogens is 1. The van der Waals surface area contributed by atoms with Crippen LogP contribution in [0.2, 0.25) is 5.02 Å². The van der Waals surface area contributed by atoms with Crippen molar-refractivity contribution in [1.29, 1.82) is 0 Å². The van der Waals surface area contributed by atoms with Gasteiger partial charge in [-0.25, -0.2) is 4.98 Å². The van der Waals surface area contributed by atoms with Gasteiger partial charge in [0.15, 0.2) is 5.65 Å². The second kappa shape index (κ2) is 7.53. The maximum absolute atomic E-state index is 6.06. The first kappa shape index (κ1) is 18.2. The van der Waals surface area contributed by atoms with Gasteiger partial charge >= 0.3 is 0 Å². The van der Waals surface area contributed by atoms with E-state index in [-0.39, 0.29) is 0 Å². The second-order valence-corrected chi connectivity index (χ2v) is 8.30. The smallest absolute Gasteiger partial charge is 0.158 e. The maximum Gasteiger partial charge on any atom is 0.158 e. The highest BCUT2D eigenvalue weighted by molar-refractivity contribution is 6.30. The third kappa shape index (κ3) is 3.60. The molecule has 2 aromatic heterocycles. The lowest BCUT2D eigenvalue weighted by Gasteiger charge is -2.32. The van der Waals surface area contributed by atoms with Gasteiger partial charge in [-0.2, -0.15) is 9.61 Å². The van der Waals surface area contributed by atoms with Crippen LogP contribution in [0.5, 0.6) is 0 Å². The molecule has 0 radical (unpaired) electrons. The fraction of sp³-hybridized carbons (Fsp3) is 0.250. The molecule has 1 saturated heterocycles. The van der Waals surface area contributed by atoms with Gasteiger partial charge in [0, 0.05) is 41.4 Å². The molecule has 0 saturated carbocycles. The summed E-state index contributed by atoms with van der Waals surface area (Å²) in [6, 6.07) is 22.4. The highest BCUT2D eigenvalue weighted by atomic mass is 35.5. The summed E-state index contributed by atoms with van der Waals surface area (Å²) in [5.74, 6) is 1.79. The number of nitrogens with zero attached hydrogens (tertiary/aromatic N) is 4. The molecule has 1 aliphatic heterocycles. The van der Waals surface area contributed by atoms with Crippen molar-refractivity contribution >= 4 is 23.1 Å². The van der Waals surface area contributed by atoms with Crippen LogP contribution < -0.4 is 4.90 Å². The Hall–Kier alpha value is -2.85. The van der Waals surface area contributed by atoms with E-state index in [2.05, 4.69) is 48.2 Å². The van der Waals surface area contributed by atoms with E-state index in [1.165, 1.54) is 12.8 Å². The Morgan fingerprint density at radius 3 is 2.45 bits per heavy atom. The molecule has 146 valence electrons. The van der Waals surface area contributed by atoms with Crippen molar-refractivity contribution in [2.45, 2.75) is 19.8 Å². The van der Waals surface area contributed by atoms with Gasteiger partial charge in [-0.05, 0) is 30.9 Å². The largest absolute Gasteiger partial charge is 0.356 e. The van der Waals surface area contributed by atoms with Gasteiger partial charge < -0.3 is 4.90 Å². The maximum atomic E-state index is 6.06. The zero-order valence-corrected chi connectivity index (χ0v) is 17.2. The zero-order chi connectivity index (χ0) is 19.8. The second-order valence-electron chi connectivity index (χ2n) is 7.87. The van der Waals surface area contributed by atoms with Crippen LogP contribution in [0.25, 0.3) is 28.2 Å². The topological polar surface area (TPSA) is 33.4 Å². The molecular formula is C24H23ClN4. The standard InChI is InChI=1S/C24H23ClN4/c1-17-6-5-13-28(16-17)24-15-21(18-7-3-2-4-8-18)26-23-14-22(27-29(23)24)19-9-11-20(25)12-10-19/h2-4,7-12,14-15,17H,5-6,13,16H2,1H3. The van der Waals surface area contributed by atoms with E-state index in [0.717, 1.165) is 52.1 Å². The van der Waals surface area contributed by atoms with Gasteiger partial charge in [0.1, 0.15) is 5.82 Å². The van der Waals surface area contributed by atoms with Crippen molar-refractivity contribution in [2.75, 3.05) is 18.0 Å². The molecule has 1 atom stereocenters. The molecule has 0 bridgehead atoms. The number of piperidine rings is 1. The van der Waals surface area contributed by atoms with Crippen LogP contribution in [0, 0.1) is 5.92 Å². The predicted octanol–water partition coefficient (Wildman–Crippen LogP) is 5.95. The van der Waals surface area contributed by atoms with Crippen LogP contribution in [-0.4, -0.2) is 27.7 Å². The van der Waals surface area contributed by atoms with E-state index in [0.29, 0.717) is 5.92 Å². The molecule has 1 unspecified atom stereocenters. The minimum atomic E-state index is 0.679. The summed E-state index contributed by atoms with van der Waals surface area (Å²) in [7, 11) is 0. The Bertz CT molecular complexity index is 1130. The van der Waals surface area contributed by atoms with Crippen molar-refractivity contribution in [3.05, 3.63) is 71.8 Å². The third-order valence-electron chi connectivity index (χ3n) is 5.60. The lowest BCUT2D eigenvalue weighted by Crippen LogP contribution is -2.35. The normalized spacial score (nSPS) is 17.0. The van der Waals surface area contributed by atoms with Gasteiger partial charge in [-0.15, -0.1) is 0 Å². The molecule has 2 aromatic carbocycles. The number of anilines is 1. The number of fused-ring (bicyclic) bond motifs is 1. The minimum Gasteiger partial charge on any atom is -0.356 e. The molecule has 1 aliphatic rings. The first-order valence-corrected chi connectivity index (χ1v) is 10.5. The van der Waals surface area contributed by atoms with Crippen molar-refractivity contribution in [3.63, 3.8) is 0 Å². The SMILES string of the molecule is CC1CCCN(c2cc(-c3ccccc3)nc3cc(-c4ccc(Cl)cc4)nn23)C1. The summed E-state index contributed by atoms with van der Waals surface area (Å²) >= 11 is 6.06. The quantitative estimate of drug-likeness (QED) is 0.424. The molecule has 4 aromatic rings. The number of hydrogen-bond donors (Lipinski definition) is 0. The van der Waals surface area contributed by atoms with Crippen LogP contribution in [0.1, 0.15) is 19.8 Å². The molecule has 5 rings (SSSR count). The van der Waals surface area contributed by atoms with Crippen LogP contribution in [0.4, 0.5) is 5.82 Å². The number of benzene rings is 2. The third-order valence-corrected chi connectivity index (χ3v) is 5.85. The average Bonchev–Trinajstić information content (AvgIpc) is 3.18. The summed E-state index contributed by atoms with van der Waals surface area (Å²) in [5.41, 5.74) is 4.92. The fourth-order valence-electron chi connectivity index (χ4n) is 4.10. The minimum absolute atomic E-state index is 0.679. The van der Waals surface area contributed by atoms with Crippen molar-refractivity contribution in [2.24, 2.45) is 5.92 Å². The highest BCUT2D eigenvalue weighted by Crippen LogP contribution is 2.30. The van der Waals surface area contributed by atoms with Gasteiger partial charge in [0.25, 0.3) is 0 Å². The number of rotatable bonds is 3. The van der Waals surface area contributed by atoms with Gasteiger partial charge in [-0.1, -0.05) is 61.0 Å². The molecule has 0 aliphatic carbocycles. The van der Waals surface area contributed by atoms with E-state index < -0.39 is 0 Å². The van der Waals surface area contributed by atoms with E-state index >= 15 is 0 Å². The zero-order valence-electron chi connectivity index (χ0n) is 16.4. The number of aromatic nitrogens is 3. The van der Waals surface area contributed by atoms with Crippen molar-refractivity contribution < 1.29 is 0 Å². The Labute approximate surface area is 175 Å². The molecule has 0 N–H and O–H groups in total. The first-order chi connectivity index (χ1) is 14.2. The van der Waals surface area contributed by atoms with Gasteiger partial charge in [-0.3, -0.25) is 0 Å². The molecule has 4 nitrogen and oxygen atoms in total. The van der Waals surface area contributed by atoms with Crippen molar-refractivity contribution in [3.8, 4) is 22.5 Å². The molecule has 3 heterocycles. The average molecular weight is 403 g/mol. The van der Waals surface area contributed by atoms with E-state index in [1.54, 1.807) is 0 Å². The lowest BCUT2D eigenvalue weighted by atomic mass is 10.0. The van der Waals surface area contributed by atoms with E-state index in [9.17, 15) is 0 Å². The van der Waals surface area contributed by atoms with Gasteiger partial charge in [0.05, 0.1) is 11.4 Å². The molecule has 29 heavy (non-hydrogen) atoms. The molecule has 0 spiro atoms. The highest BCUT2D eigenvalue weighted by Gasteiger charge is 2.21. The monoisotopic (exact) mass is 402 g/mol. The summed E-state index contributed by atoms with van der Waals surface area (Å²) in [5, 5.41) is 5.64. The number of hydrogen-bond acceptors (Lipinski definition) is 3. The van der Waals surface area contributed by atoms with Crippen LogP contribution in [0.3, 0.4) is 0 Å². The Morgan fingerprint density at radius 2 is 1.69 bits per heavy atom. The molecular weight excluding hydrogens is 380 g/mol. The first-order valence-electron chi connectivity index (χ1n) is 10.1. The lowest BCUT2D eigenvalue weighted by molar-refractivity contribution is 0.442. The Morgan fingerprint density at radius 1 is 0.931 bits per heavy atom. The van der Waals surface area contributed by atoms with E-state index in [4.69, 9.17) is 21.7 Å². The Kier molecular flexibility index (Phi) is 4.72. The van der Waals surface area contributed by atoms with E-state index in [1.807, 2.05) is 34.8 Å². The van der Waals surface area contributed by atoms with Crippen LogP contribution in [-0.2, 0) is 0 Å². The van der Waals surface area contributed by atoms with Crippen molar-refractivity contribution in [1.82, 2.24) is 14.6 Å².